The summed E-state index contributed by atoms with van der Waals surface area (Å²) in [4.78, 5) is 11.6. The Bertz CT molecular complexity index is 904. The fourth-order valence-electron chi connectivity index (χ4n) is 4.74. The number of rotatable bonds is 3. The molecule has 2 fully saturated rings. The van der Waals surface area contributed by atoms with E-state index < -0.39 is 0 Å². The molecule has 5 rings (SSSR count). The molecule has 4 heterocycles. The number of aryl methyl sites for hydroxylation is 1. The summed E-state index contributed by atoms with van der Waals surface area (Å²) in [6.07, 6.45) is 7.08. The summed E-state index contributed by atoms with van der Waals surface area (Å²) in [5.41, 5.74) is 3.52. The first-order chi connectivity index (χ1) is 14.2. The zero-order chi connectivity index (χ0) is 19.8. The lowest BCUT2D eigenvalue weighted by Gasteiger charge is -2.39. The van der Waals surface area contributed by atoms with E-state index in [0.29, 0.717) is 28.4 Å². The summed E-state index contributed by atoms with van der Waals surface area (Å²) < 4.78 is 11.4. The summed E-state index contributed by atoms with van der Waals surface area (Å²) in [6, 6.07) is 4.03. The van der Waals surface area contributed by atoms with Crippen LogP contribution >= 0.6 is 11.6 Å². The van der Waals surface area contributed by atoms with Crippen molar-refractivity contribution < 1.29 is 14.6 Å². The maximum absolute atomic E-state index is 9.98. The summed E-state index contributed by atoms with van der Waals surface area (Å²) >= 11 is 6.64. The van der Waals surface area contributed by atoms with Gasteiger partial charge in [-0.1, -0.05) is 23.7 Å². The number of benzene rings is 1. The van der Waals surface area contributed by atoms with Gasteiger partial charge in [0.25, 0.3) is 0 Å². The highest BCUT2D eigenvalue weighted by Crippen LogP contribution is 2.42. The van der Waals surface area contributed by atoms with Crippen molar-refractivity contribution in [3.63, 3.8) is 0 Å². The van der Waals surface area contributed by atoms with E-state index in [-0.39, 0.29) is 6.61 Å². The van der Waals surface area contributed by atoms with Crippen molar-refractivity contribution in [2.45, 2.75) is 38.7 Å². The van der Waals surface area contributed by atoms with Crippen LogP contribution in [0.4, 0.5) is 5.82 Å². The first-order valence-electron chi connectivity index (χ1n) is 10.4. The zero-order valence-corrected chi connectivity index (χ0v) is 17.2. The van der Waals surface area contributed by atoms with Crippen molar-refractivity contribution >= 4 is 17.4 Å². The average molecular weight is 416 g/mol. The maximum Gasteiger partial charge on any atom is 0.152 e. The van der Waals surface area contributed by atoms with E-state index >= 15 is 0 Å². The molecule has 2 saturated heterocycles. The van der Waals surface area contributed by atoms with Crippen molar-refractivity contribution in [1.82, 2.24) is 9.97 Å². The molecule has 2 aromatic rings. The molecule has 29 heavy (non-hydrogen) atoms. The third kappa shape index (κ3) is 3.47. The van der Waals surface area contributed by atoms with Crippen LogP contribution in [-0.4, -0.2) is 48.0 Å². The molecule has 0 bridgehead atoms. The molecule has 0 unspecified atom stereocenters. The summed E-state index contributed by atoms with van der Waals surface area (Å²) in [5, 5.41) is 10.6. The van der Waals surface area contributed by atoms with Crippen LogP contribution in [0.15, 0.2) is 18.3 Å². The van der Waals surface area contributed by atoms with Gasteiger partial charge < -0.3 is 19.5 Å². The monoisotopic (exact) mass is 415 g/mol. The van der Waals surface area contributed by atoms with E-state index in [2.05, 4.69) is 11.0 Å². The first kappa shape index (κ1) is 19.1. The highest BCUT2D eigenvalue weighted by Gasteiger charge is 2.38. The molecule has 6 nitrogen and oxygen atoms in total. The number of halogens is 1. The first-order valence-corrected chi connectivity index (χ1v) is 10.8. The van der Waals surface area contributed by atoms with E-state index in [0.717, 1.165) is 81.1 Å². The quantitative estimate of drug-likeness (QED) is 0.825. The largest absolute Gasteiger partial charge is 0.492 e. The summed E-state index contributed by atoms with van der Waals surface area (Å²) in [6.45, 7) is 4.11. The Morgan fingerprint density at radius 1 is 1.17 bits per heavy atom. The molecule has 0 radical (unpaired) electrons. The van der Waals surface area contributed by atoms with E-state index in [1.807, 2.05) is 6.07 Å². The summed E-state index contributed by atoms with van der Waals surface area (Å²) in [5.74, 6) is 1.53. The maximum atomic E-state index is 9.98. The molecule has 1 aromatic heterocycles. The van der Waals surface area contributed by atoms with Crippen LogP contribution in [0.1, 0.15) is 36.9 Å². The predicted molar refractivity (Wildman–Crippen MR) is 112 cm³/mol. The number of fused-ring (bicyclic) bond motifs is 1. The second kappa shape index (κ2) is 7.74. The van der Waals surface area contributed by atoms with E-state index in [9.17, 15) is 5.11 Å². The third-order valence-corrected chi connectivity index (χ3v) is 6.95. The van der Waals surface area contributed by atoms with E-state index in [4.69, 9.17) is 31.0 Å². The summed E-state index contributed by atoms with van der Waals surface area (Å²) in [7, 11) is 0. The Kier molecular flexibility index (Phi) is 5.10. The molecule has 7 heteroatoms. The highest BCUT2D eigenvalue weighted by molar-refractivity contribution is 6.34. The molecular formula is C22H26ClN3O3. The minimum Gasteiger partial charge on any atom is -0.492 e. The molecule has 1 N–H and O–H groups in total. The van der Waals surface area contributed by atoms with Gasteiger partial charge in [-0.2, -0.15) is 0 Å². The van der Waals surface area contributed by atoms with Gasteiger partial charge in [0.05, 0.1) is 36.7 Å². The van der Waals surface area contributed by atoms with Crippen LogP contribution in [0.25, 0.3) is 11.3 Å². The van der Waals surface area contributed by atoms with E-state index in [1.165, 1.54) is 0 Å². The van der Waals surface area contributed by atoms with Gasteiger partial charge in [-0.05, 0) is 43.1 Å². The van der Waals surface area contributed by atoms with E-state index in [1.54, 1.807) is 6.20 Å². The molecule has 0 amide bonds. The van der Waals surface area contributed by atoms with Gasteiger partial charge in [-0.3, -0.25) is 0 Å². The standard InChI is InChI=1S/C22H26ClN3O3/c23-19-16(4-3-15-2-1-10-29-20(15)19)17-12-24-21(18(13-27)25-17)26-8-5-22(6-9-26)7-11-28-14-22/h3-4,12,27H,1-2,5-11,13-14H2. The normalized spacial score (nSPS) is 20.6. The minimum atomic E-state index is -0.153. The number of nitrogens with zero attached hydrogens (tertiary/aromatic N) is 3. The molecular weight excluding hydrogens is 390 g/mol. The molecule has 1 aromatic carbocycles. The number of piperidine rings is 1. The van der Waals surface area contributed by atoms with Crippen molar-refractivity contribution in [3.05, 3.63) is 34.6 Å². The van der Waals surface area contributed by atoms with Gasteiger partial charge in [0.15, 0.2) is 5.82 Å². The molecule has 1 spiro atoms. The molecule has 0 atom stereocenters. The molecule has 0 aliphatic carbocycles. The second-order valence-corrected chi connectivity index (χ2v) is 8.72. The van der Waals surface area contributed by atoms with Crippen LogP contribution in [0, 0.1) is 5.41 Å². The number of aliphatic hydroxyl groups is 1. The third-order valence-electron chi connectivity index (χ3n) is 6.57. The average Bonchev–Trinajstić information content (AvgIpc) is 3.22. The molecule has 0 saturated carbocycles. The lowest BCUT2D eigenvalue weighted by molar-refractivity contribution is 0.133. The van der Waals surface area contributed by atoms with Gasteiger partial charge in [-0.25, -0.2) is 9.97 Å². The van der Waals surface area contributed by atoms with Gasteiger partial charge in [0.1, 0.15) is 11.4 Å². The lowest BCUT2D eigenvalue weighted by atomic mass is 9.78. The number of aliphatic hydroxyl groups excluding tert-OH is 1. The Balaban J connectivity index is 1.42. The Hall–Kier alpha value is -1.89. The molecule has 3 aliphatic rings. The number of anilines is 1. The Morgan fingerprint density at radius 2 is 2.03 bits per heavy atom. The fraction of sp³-hybridized carbons (Fsp3) is 0.545. The lowest BCUT2D eigenvalue weighted by Crippen LogP contribution is -2.41. The van der Waals surface area contributed by atoms with Gasteiger partial charge in [-0.15, -0.1) is 0 Å². The number of hydrogen-bond donors (Lipinski definition) is 1. The van der Waals surface area contributed by atoms with Crippen molar-refractivity contribution in [2.75, 3.05) is 37.8 Å². The van der Waals surface area contributed by atoms with Crippen LogP contribution in [0.5, 0.6) is 5.75 Å². The van der Waals surface area contributed by atoms with Gasteiger partial charge in [0, 0.05) is 25.3 Å². The van der Waals surface area contributed by atoms with Crippen LogP contribution in [0.3, 0.4) is 0 Å². The second-order valence-electron chi connectivity index (χ2n) is 8.34. The van der Waals surface area contributed by atoms with Crippen molar-refractivity contribution in [3.8, 4) is 17.0 Å². The SMILES string of the molecule is OCc1nc(-c2ccc3c(c2Cl)OCCC3)cnc1N1CCC2(CCOC2)CC1. The number of ether oxygens (including phenoxy) is 2. The Labute approximate surface area is 175 Å². The fourth-order valence-corrected chi connectivity index (χ4v) is 5.08. The van der Waals surface area contributed by atoms with Crippen LogP contribution < -0.4 is 9.64 Å². The molecule has 154 valence electrons. The molecule has 3 aliphatic heterocycles. The van der Waals surface area contributed by atoms with Crippen molar-refractivity contribution in [2.24, 2.45) is 5.41 Å². The number of aromatic nitrogens is 2. The highest BCUT2D eigenvalue weighted by atomic mass is 35.5. The predicted octanol–water partition coefficient (Wildman–Crippen LogP) is 3.62. The topological polar surface area (TPSA) is 67.7 Å². The van der Waals surface area contributed by atoms with Crippen molar-refractivity contribution in [1.29, 1.82) is 0 Å². The van der Waals surface area contributed by atoms with Crippen LogP contribution in [0.2, 0.25) is 5.02 Å². The van der Waals surface area contributed by atoms with Gasteiger partial charge >= 0.3 is 0 Å². The van der Waals surface area contributed by atoms with Crippen LogP contribution in [-0.2, 0) is 17.8 Å². The van der Waals surface area contributed by atoms with Gasteiger partial charge in [0.2, 0.25) is 0 Å². The zero-order valence-electron chi connectivity index (χ0n) is 16.5. The minimum absolute atomic E-state index is 0.153. The Morgan fingerprint density at radius 3 is 2.79 bits per heavy atom. The number of hydrogen-bond acceptors (Lipinski definition) is 6. The smallest absolute Gasteiger partial charge is 0.152 e.